The van der Waals surface area contributed by atoms with Gasteiger partial charge in [-0.1, -0.05) is 49.6 Å². The molecule has 3 saturated carbocycles. The zero-order valence-electron chi connectivity index (χ0n) is 25.2. The van der Waals surface area contributed by atoms with Crippen molar-refractivity contribution in [3.05, 3.63) is 35.5 Å². The summed E-state index contributed by atoms with van der Waals surface area (Å²) in [5.41, 5.74) is -4.53. The topological polar surface area (TPSA) is 80.9 Å². The maximum absolute atomic E-state index is 13.3. The molecule has 0 heterocycles. The third-order valence-corrected chi connectivity index (χ3v) is 10.2. The van der Waals surface area contributed by atoms with Gasteiger partial charge in [0, 0.05) is 0 Å². The highest BCUT2D eigenvalue weighted by Crippen LogP contribution is 2.64. The fourth-order valence-corrected chi connectivity index (χ4v) is 8.11. The molecule has 3 rings (SSSR count). The van der Waals surface area contributed by atoms with Crippen LogP contribution in [0.1, 0.15) is 105 Å². The normalized spacial score (nSPS) is 33.4. The van der Waals surface area contributed by atoms with Crippen molar-refractivity contribution in [3.63, 3.8) is 0 Å². The van der Waals surface area contributed by atoms with Crippen LogP contribution >= 0.6 is 0 Å². The molecular formula is C32H48F6O4. The molecule has 3 fully saturated rings. The highest BCUT2D eigenvalue weighted by Gasteiger charge is 2.69. The minimum atomic E-state index is -5.91. The lowest BCUT2D eigenvalue weighted by atomic mass is 9.55. The average Bonchev–Trinajstić information content (AvgIpc) is 3.18. The van der Waals surface area contributed by atoms with Crippen LogP contribution in [0.15, 0.2) is 35.5 Å². The van der Waals surface area contributed by atoms with E-state index in [9.17, 15) is 46.8 Å². The summed E-state index contributed by atoms with van der Waals surface area (Å²) in [7, 11) is 0. The van der Waals surface area contributed by atoms with Gasteiger partial charge in [0.2, 0.25) is 0 Å². The van der Waals surface area contributed by atoms with Gasteiger partial charge in [-0.2, -0.15) is 26.3 Å². The molecule has 0 amide bonds. The van der Waals surface area contributed by atoms with Crippen molar-refractivity contribution >= 4 is 0 Å². The van der Waals surface area contributed by atoms with Crippen molar-refractivity contribution in [1.29, 1.82) is 0 Å². The van der Waals surface area contributed by atoms with Crippen LogP contribution in [0.2, 0.25) is 0 Å². The van der Waals surface area contributed by atoms with Crippen molar-refractivity contribution in [2.24, 2.45) is 22.7 Å². The van der Waals surface area contributed by atoms with Crippen LogP contribution in [0, 0.1) is 22.7 Å². The highest BCUT2D eigenvalue weighted by atomic mass is 19.4. The summed E-state index contributed by atoms with van der Waals surface area (Å²) >= 11 is 0. The second-order valence-electron chi connectivity index (χ2n) is 14.2. The monoisotopic (exact) mass is 610 g/mol. The minimum Gasteiger partial charge on any atom is -0.393 e. The second kappa shape index (κ2) is 12.6. The summed E-state index contributed by atoms with van der Waals surface area (Å²) < 4.78 is 80.1. The quantitative estimate of drug-likeness (QED) is 0.159. The molecule has 0 aromatic heterocycles. The van der Waals surface area contributed by atoms with E-state index in [1.54, 1.807) is 13.8 Å². The smallest absolute Gasteiger partial charge is 0.393 e. The molecule has 0 saturated heterocycles. The van der Waals surface area contributed by atoms with E-state index in [1.165, 1.54) is 5.57 Å². The van der Waals surface area contributed by atoms with E-state index >= 15 is 0 Å². The SMILES string of the molecule is CC(C)(O)CCC[C@@](C)(CC=CC(O)(C(F)(F)F)C(F)(F)F)[C@H]1CCC2C(=CC=C3CC(O)C[C@H](O)C3)CCC[C@@]21C. The number of halogens is 6. The Balaban J connectivity index is 1.91. The predicted molar refractivity (Wildman–Crippen MR) is 149 cm³/mol. The molecule has 0 bridgehead atoms. The average molecular weight is 611 g/mol. The van der Waals surface area contributed by atoms with E-state index < -0.39 is 41.2 Å². The Kier molecular flexibility index (Phi) is 10.5. The van der Waals surface area contributed by atoms with Crippen molar-refractivity contribution < 1.29 is 46.8 Å². The van der Waals surface area contributed by atoms with Gasteiger partial charge in [0.05, 0.1) is 17.8 Å². The minimum absolute atomic E-state index is 0.000925. The second-order valence-corrected chi connectivity index (χ2v) is 14.2. The van der Waals surface area contributed by atoms with Crippen molar-refractivity contribution in [2.75, 3.05) is 0 Å². The van der Waals surface area contributed by atoms with Gasteiger partial charge in [0.15, 0.2) is 0 Å². The summed E-state index contributed by atoms with van der Waals surface area (Å²) in [5, 5.41) is 40.1. The van der Waals surface area contributed by atoms with Crippen LogP contribution in [-0.2, 0) is 0 Å². The number of fused-ring (bicyclic) bond motifs is 1. The third-order valence-electron chi connectivity index (χ3n) is 10.2. The molecule has 2 unspecified atom stereocenters. The number of aliphatic hydroxyl groups is 4. The maximum Gasteiger partial charge on any atom is 0.429 e. The summed E-state index contributed by atoms with van der Waals surface area (Å²) in [4.78, 5) is 0. The van der Waals surface area contributed by atoms with E-state index in [0.717, 1.165) is 43.8 Å². The van der Waals surface area contributed by atoms with Crippen LogP contribution in [0.3, 0.4) is 0 Å². The largest absolute Gasteiger partial charge is 0.429 e. The molecule has 42 heavy (non-hydrogen) atoms. The molecule has 242 valence electrons. The number of hydrogen-bond donors (Lipinski definition) is 4. The number of hydrogen-bond acceptors (Lipinski definition) is 4. The standard InChI is InChI=1S/C32H48F6O4/c1-27(2,41)13-6-14-28(3,15-7-17-30(42,31(33,34)35)32(36,37)38)26-12-11-25-22(8-5-16-29(25,26)4)10-9-21-18-23(39)20-24(40)19-21/h7,9-10,17,23-26,39-42H,5-6,8,11-16,18-20H2,1-4H3/t23-,24?,25?,26-,28+,29+/m1/s1. The molecule has 3 aliphatic rings. The number of allylic oxidation sites excluding steroid dienone is 4. The Morgan fingerprint density at radius 2 is 1.48 bits per heavy atom. The van der Waals surface area contributed by atoms with Gasteiger partial charge in [0.1, 0.15) is 0 Å². The first-order chi connectivity index (χ1) is 19.1. The molecule has 0 aliphatic heterocycles. The number of alkyl halides is 6. The van der Waals surface area contributed by atoms with E-state index in [4.69, 9.17) is 0 Å². The molecule has 0 aromatic carbocycles. The molecule has 4 N–H and O–H groups in total. The zero-order valence-corrected chi connectivity index (χ0v) is 25.2. The van der Waals surface area contributed by atoms with Crippen molar-refractivity contribution in [3.8, 4) is 0 Å². The molecular weight excluding hydrogens is 562 g/mol. The Morgan fingerprint density at radius 3 is 2.02 bits per heavy atom. The molecule has 6 atom stereocenters. The van der Waals surface area contributed by atoms with Gasteiger partial charge >= 0.3 is 12.4 Å². The van der Waals surface area contributed by atoms with Gasteiger partial charge in [-0.3, -0.25) is 0 Å². The summed E-state index contributed by atoms with van der Waals surface area (Å²) in [6.45, 7) is 7.44. The number of rotatable bonds is 9. The Bertz CT molecular complexity index is 997. The molecule has 4 nitrogen and oxygen atoms in total. The van der Waals surface area contributed by atoms with Gasteiger partial charge in [-0.15, -0.1) is 0 Å². The summed E-state index contributed by atoms with van der Waals surface area (Å²) in [6, 6.07) is 0. The maximum atomic E-state index is 13.3. The Labute approximate surface area is 245 Å². The van der Waals surface area contributed by atoms with Gasteiger partial charge in [-0.05, 0) is 113 Å². The predicted octanol–water partition coefficient (Wildman–Crippen LogP) is 7.71. The van der Waals surface area contributed by atoms with Crippen LogP contribution in [0.5, 0.6) is 0 Å². The van der Waals surface area contributed by atoms with Crippen LogP contribution < -0.4 is 0 Å². The first-order valence-corrected chi connectivity index (χ1v) is 15.1. The first kappa shape index (κ1) is 35.1. The van der Waals surface area contributed by atoms with Crippen molar-refractivity contribution in [2.45, 2.75) is 141 Å². The van der Waals surface area contributed by atoms with Gasteiger partial charge < -0.3 is 20.4 Å². The molecule has 10 heteroatoms. The fourth-order valence-electron chi connectivity index (χ4n) is 8.11. The Morgan fingerprint density at radius 1 is 0.881 bits per heavy atom. The summed E-state index contributed by atoms with van der Waals surface area (Å²) in [6.07, 6.45) is -1.06. The van der Waals surface area contributed by atoms with E-state index in [-0.39, 0.29) is 29.7 Å². The fraction of sp³-hybridized carbons (Fsp3) is 0.812. The van der Waals surface area contributed by atoms with E-state index in [1.807, 2.05) is 13.0 Å². The third kappa shape index (κ3) is 7.83. The molecule has 0 aromatic rings. The molecule has 0 spiro atoms. The number of aliphatic hydroxyl groups excluding tert-OH is 2. The first-order valence-electron chi connectivity index (χ1n) is 15.1. The lowest BCUT2D eigenvalue weighted by Crippen LogP contribution is -2.55. The molecule has 3 aliphatic carbocycles. The van der Waals surface area contributed by atoms with Crippen molar-refractivity contribution in [1.82, 2.24) is 0 Å². The lowest BCUT2D eigenvalue weighted by molar-refractivity contribution is -0.347. The summed E-state index contributed by atoms with van der Waals surface area (Å²) in [5.74, 6) is 0.201. The highest BCUT2D eigenvalue weighted by molar-refractivity contribution is 5.27. The van der Waals surface area contributed by atoms with E-state index in [0.29, 0.717) is 38.5 Å². The lowest BCUT2D eigenvalue weighted by Gasteiger charge is -2.49. The zero-order chi connectivity index (χ0) is 31.8. The van der Waals surface area contributed by atoms with Crippen LogP contribution in [0.25, 0.3) is 0 Å². The van der Waals surface area contributed by atoms with Crippen LogP contribution in [0.4, 0.5) is 26.3 Å². The van der Waals surface area contributed by atoms with Gasteiger partial charge in [-0.25, -0.2) is 0 Å². The van der Waals surface area contributed by atoms with E-state index in [2.05, 4.69) is 13.0 Å². The van der Waals surface area contributed by atoms with Crippen LogP contribution in [-0.4, -0.2) is 56.2 Å². The molecule has 0 radical (unpaired) electrons. The Hall–Kier alpha value is -1.36. The van der Waals surface area contributed by atoms with Gasteiger partial charge in [0.25, 0.3) is 5.60 Å².